The summed E-state index contributed by atoms with van der Waals surface area (Å²) < 4.78 is 18.7. The molecule has 7 heteroatoms. The van der Waals surface area contributed by atoms with E-state index < -0.39 is 0 Å². The van der Waals surface area contributed by atoms with Gasteiger partial charge in [0.25, 0.3) is 0 Å². The minimum atomic E-state index is -0.333. The van der Waals surface area contributed by atoms with E-state index in [1.807, 2.05) is 0 Å². The second kappa shape index (κ2) is 6.05. The second-order valence-electron chi connectivity index (χ2n) is 3.77. The number of methoxy groups -OCH3 is 1. The van der Waals surface area contributed by atoms with Crippen molar-refractivity contribution in [1.82, 2.24) is 9.97 Å². The molecule has 100 valence electrons. The van der Waals surface area contributed by atoms with Crippen LogP contribution in [0.5, 0.6) is 0 Å². The van der Waals surface area contributed by atoms with Gasteiger partial charge in [-0.15, -0.1) is 0 Å². The smallest absolute Gasteiger partial charge is 0.163 e. The second-order valence-corrected chi connectivity index (χ2v) is 4.62. The van der Waals surface area contributed by atoms with E-state index in [1.165, 1.54) is 12.1 Å². The quantitative estimate of drug-likeness (QED) is 0.667. The normalized spacial score (nSPS) is 10.5. The van der Waals surface area contributed by atoms with Crippen LogP contribution in [0.3, 0.4) is 0 Å². The highest BCUT2D eigenvalue weighted by molar-refractivity contribution is 9.10. The number of nitrogens with two attached hydrogens (primary N) is 1. The maximum atomic E-state index is 13.1. The Hall–Kier alpha value is -1.57. The topological polar surface area (TPSA) is 73.1 Å². The largest absolute Gasteiger partial charge is 0.378 e. The Kier molecular flexibility index (Phi) is 4.41. The number of nitrogen functional groups attached to an aromatic ring is 1. The lowest BCUT2D eigenvalue weighted by Gasteiger charge is -2.08. The van der Waals surface area contributed by atoms with Crippen molar-refractivity contribution in [2.24, 2.45) is 5.84 Å². The van der Waals surface area contributed by atoms with Gasteiger partial charge < -0.3 is 10.2 Å². The number of hydrazine groups is 1. The van der Waals surface area contributed by atoms with Gasteiger partial charge in [-0.3, -0.25) is 0 Å². The number of anilines is 1. The molecule has 1 aromatic carbocycles. The number of nitrogens with zero attached hydrogens (tertiary/aromatic N) is 2. The van der Waals surface area contributed by atoms with Crippen LogP contribution >= 0.6 is 15.9 Å². The molecule has 1 heterocycles. The molecule has 2 aromatic rings. The molecule has 0 saturated carbocycles. The molecule has 5 nitrogen and oxygen atoms in total. The maximum Gasteiger partial charge on any atom is 0.163 e. The zero-order valence-electron chi connectivity index (χ0n) is 10.2. The first-order chi connectivity index (χ1) is 9.13. The fourth-order valence-electron chi connectivity index (χ4n) is 1.58. The summed E-state index contributed by atoms with van der Waals surface area (Å²) in [5.41, 5.74) is 3.82. The molecule has 19 heavy (non-hydrogen) atoms. The van der Waals surface area contributed by atoms with E-state index in [0.29, 0.717) is 34.0 Å². The maximum absolute atomic E-state index is 13.1. The molecule has 1 aromatic heterocycles. The zero-order chi connectivity index (χ0) is 13.8. The number of aromatic nitrogens is 2. The Morgan fingerprint density at radius 1 is 1.37 bits per heavy atom. The molecule has 0 amide bonds. The van der Waals surface area contributed by atoms with Crippen molar-refractivity contribution in [2.75, 3.05) is 12.5 Å². The molecule has 3 N–H and O–H groups in total. The van der Waals surface area contributed by atoms with Crippen LogP contribution in [-0.2, 0) is 11.3 Å². The summed E-state index contributed by atoms with van der Waals surface area (Å²) >= 11 is 3.29. The fraction of sp³-hybridized carbons (Fsp3) is 0.167. The van der Waals surface area contributed by atoms with Crippen molar-refractivity contribution in [3.63, 3.8) is 0 Å². The number of hydrogen-bond donors (Lipinski definition) is 2. The molecule has 0 fully saturated rings. The number of halogens is 2. The first-order valence-electron chi connectivity index (χ1n) is 5.43. The van der Waals surface area contributed by atoms with Crippen LogP contribution in [0.25, 0.3) is 11.4 Å². The van der Waals surface area contributed by atoms with Crippen molar-refractivity contribution in [2.45, 2.75) is 6.61 Å². The van der Waals surface area contributed by atoms with Gasteiger partial charge in [0, 0.05) is 23.2 Å². The van der Waals surface area contributed by atoms with Crippen LogP contribution in [0, 0.1) is 5.82 Å². The van der Waals surface area contributed by atoms with E-state index in [-0.39, 0.29) is 5.82 Å². The lowest BCUT2D eigenvalue weighted by atomic mass is 10.2. The molecule has 0 aliphatic heterocycles. The minimum Gasteiger partial charge on any atom is -0.378 e. The highest BCUT2D eigenvalue weighted by Gasteiger charge is 2.10. The van der Waals surface area contributed by atoms with E-state index in [9.17, 15) is 4.39 Å². The standard InChI is InChI=1S/C12H12BrFN4O/c1-19-6-8-5-11(18-15)17-12(16-8)9-3-2-7(14)4-10(9)13/h2-5H,6,15H2,1H3,(H,16,17,18). The van der Waals surface area contributed by atoms with Crippen molar-refractivity contribution in [3.05, 3.63) is 40.2 Å². The average Bonchev–Trinajstić information content (AvgIpc) is 2.38. The Labute approximate surface area is 118 Å². The van der Waals surface area contributed by atoms with Crippen LogP contribution in [0.4, 0.5) is 10.2 Å². The number of benzene rings is 1. The summed E-state index contributed by atoms with van der Waals surface area (Å²) in [5.74, 6) is 5.94. The zero-order valence-corrected chi connectivity index (χ0v) is 11.7. The summed E-state index contributed by atoms with van der Waals surface area (Å²) in [4.78, 5) is 8.59. The first-order valence-corrected chi connectivity index (χ1v) is 6.22. The van der Waals surface area contributed by atoms with Crippen molar-refractivity contribution in [3.8, 4) is 11.4 Å². The van der Waals surface area contributed by atoms with E-state index in [4.69, 9.17) is 10.6 Å². The molecule has 0 atom stereocenters. The third-order valence-electron chi connectivity index (χ3n) is 2.39. The fourth-order valence-corrected chi connectivity index (χ4v) is 2.11. The van der Waals surface area contributed by atoms with Gasteiger partial charge in [-0.05, 0) is 34.1 Å². The summed E-state index contributed by atoms with van der Waals surface area (Å²) in [6.45, 7) is 0.336. The van der Waals surface area contributed by atoms with Crippen molar-refractivity contribution in [1.29, 1.82) is 0 Å². The Balaban J connectivity index is 2.51. The van der Waals surface area contributed by atoms with Crippen LogP contribution < -0.4 is 11.3 Å². The summed E-state index contributed by atoms with van der Waals surface area (Å²) in [7, 11) is 1.57. The van der Waals surface area contributed by atoms with Gasteiger partial charge in [0.2, 0.25) is 0 Å². The van der Waals surface area contributed by atoms with Gasteiger partial charge in [0.15, 0.2) is 5.82 Å². The van der Waals surface area contributed by atoms with Gasteiger partial charge in [0.05, 0.1) is 12.3 Å². The Bertz CT molecular complexity index is 594. The van der Waals surface area contributed by atoms with Crippen LogP contribution in [0.2, 0.25) is 0 Å². The summed E-state index contributed by atoms with van der Waals surface area (Å²) in [5, 5.41) is 0. The molecule has 0 aliphatic rings. The van der Waals surface area contributed by atoms with Crippen LogP contribution in [-0.4, -0.2) is 17.1 Å². The van der Waals surface area contributed by atoms with Gasteiger partial charge >= 0.3 is 0 Å². The lowest BCUT2D eigenvalue weighted by molar-refractivity contribution is 0.181. The lowest BCUT2D eigenvalue weighted by Crippen LogP contribution is -2.11. The van der Waals surface area contributed by atoms with Gasteiger partial charge in [0.1, 0.15) is 11.6 Å². The molecule has 0 saturated heterocycles. The predicted molar refractivity (Wildman–Crippen MR) is 73.6 cm³/mol. The molecule has 0 unspecified atom stereocenters. The summed E-state index contributed by atoms with van der Waals surface area (Å²) in [6, 6.07) is 6.00. The Morgan fingerprint density at radius 2 is 2.16 bits per heavy atom. The molecule has 0 spiro atoms. The highest BCUT2D eigenvalue weighted by atomic mass is 79.9. The predicted octanol–water partition coefficient (Wildman–Crippen LogP) is 2.48. The SMILES string of the molecule is COCc1cc(NN)nc(-c2ccc(F)cc2Br)n1. The highest BCUT2D eigenvalue weighted by Crippen LogP contribution is 2.27. The van der Waals surface area contributed by atoms with E-state index >= 15 is 0 Å². The van der Waals surface area contributed by atoms with E-state index in [2.05, 4.69) is 31.3 Å². The van der Waals surface area contributed by atoms with Crippen LogP contribution in [0.15, 0.2) is 28.7 Å². The Morgan fingerprint density at radius 3 is 2.79 bits per heavy atom. The van der Waals surface area contributed by atoms with Gasteiger partial charge in [-0.2, -0.15) is 0 Å². The molecule has 0 bridgehead atoms. The third-order valence-corrected chi connectivity index (χ3v) is 3.05. The van der Waals surface area contributed by atoms with Gasteiger partial charge in [-0.25, -0.2) is 20.2 Å². The molecular formula is C12H12BrFN4O. The molecule has 0 radical (unpaired) electrons. The third kappa shape index (κ3) is 3.25. The number of rotatable bonds is 4. The van der Waals surface area contributed by atoms with E-state index in [0.717, 1.165) is 0 Å². The average molecular weight is 327 g/mol. The number of hydrogen-bond acceptors (Lipinski definition) is 5. The van der Waals surface area contributed by atoms with Crippen molar-refractivity contribution < 1.29 is 9.13 Å². The van der Waals surface area contributed by atoms with E-state index in [1.54, 1.807) is 19.2 Å². The molecule has 0 aliphatic carbocycles. The molecule has 2 rings (SSSR count). The van der Waals surface area contributed by atoms with Crippen LogP contribution in [0.1, 0.15) is 5.69 Å². The minimum absolute atomic E-state index is 0.333. The van der Waals surface area contributed by atoms with Crippen molar-refractivity contribution >= 4 is 21.7 Å². The molecular weight excluding hydrogens is 315 g/mol. The van der Waals surface area contributed by atoms with Gasteiger partial charge in [-0.1, -0.05) is 0 Å². The monoisotopic (exact) mass is 326 g/mol. The number of ether oxygens (including phenoxy) is 1. The summed E-state index contributed by atoms with van der Waals surface area (Å²) in [6.07, 6.45) is 0. The first kappa shape index (κ1) is 13.9. The number of nitrogens with one attached hydrogen (secondary N) is 1.